The minimum atomic E-state index is -1.10. The number of halogens is 1. The Balaban J connectivity index is 1.22. The molecule has 0 bridgehead atoms. The number of aromatic nitrogens is 2. The molecule has 2 aliphatic heterocycles. The van der Waals surface area contributed by atoms with E-state index in [9.17, 15) is 18.8 Å². The van der Waals surface area contributed by atoms with E-state index in [0.717, 1.165) is 18.4 Å². The molecule has 8 nitrogen and oxygen atoms in total. The Labute approximate surface area is 208 Å². The number of carbonyl (C=O) groups excluding carboxylic acids is 3. The number of benzene rings is 1. The fraction of sp³-hybridized carbons (Fsp3) is 0.407. The van der Waals surface area contributed by atoms with Gasteiger partial charge in [0.25, 0.3) is 11.8 Å². The minimum absolute atomic E-state index is 0.137. The molecule has 4 amide bonds. The molecule has 1 aromatic carbocycles. The van der Waals surface area contributed by atoms with E-state index < -0.39 is 5.54 Å². The summed E-state index contributed by atoms with van der Waals surface area (Å²) < 4.78 is 15.4. The van der Waals surface area contributed by atoms with Crippen molar-refractivity contribution in [2.45, 2.75) is 37.6 Å². The molecule has 2 aromatic heterocycles. The molecule has 3 aromatic rings. The van der Waals surface area contributed by atoms with Crippen molar-refractivity contribution < 1.29 is 18.8 Å². The first-order chi connectivity index (χ1) is 17.4. The van der Waals surface area contributed by atoms with Crippen LogP contribution in [0.4, 0.5) is 9.18 Å². The summed E-state index contributed by atoms with van der Waals surface area (Å²) in [6.45, 7) is 1.38. The number of pyridine rings is 1. The van der Waals surface area contributed by atoms with Crippen molar-refractivity contribution in [3.05, 3.63) is 71.9 Å². The minimum Gasteiger partial charge on any atom is -0.337 e. The van der Waals surface area contributed by atoms with Crippen LogP contribution in [0.2, 0.25) is 0 Å². The average Bonchev–Trinajstić information content (AvgIpc) is 3.56. The van der Waals surface area contributed by atoms with Gasteiger partial charge in [0.15, 0.2) is 0 Å². The number of piperidine rings is 1. The molecule has 0 spiro atoms. The molecule has 3 aliphatic rings. The third kappa shape index (κ3) is 4.02. The quantitative estimate of drug-likeness (QED) is 0.539. The molecule has 186 valence electrons. The number of carbonyl (C=O) groups is 3. The van der Waals surface area contributed by atoms with E-state index in [2.05, 4.69) is 10.3 Å². The summed E-state index contributed by atoms with van der Waals surface area (Å²) in [6, 6.07) is 11.4. The number of hydrogen-bond donors (Lipinski definition) is 1. The molecule has 3 fully saturated rings. The number of nitrogens with zero attached hydrogens (tertiary/aromatic N) is 4. The molecule has 0 unspecified atom stereocenters. The SMILES string of the molecule is O=C(c1cn2ccccc2n1)N1CCC([C@@]2(Cc3ccc(F)cc3)NC(=O)N(CC3CC3)C2=O)CC1. The van der Waals surface area contributed by atoms with Crippen molar-refractivity contribution in [3.63, 3.8) is 0 Å². The lowest BCUT2D eigenvalue weighted by Gasteiger charge is -2.41. The van der Waals surface area contributed by atoms with Crippen LogP contribution in [0.5, 0.6) is 0 Å². The van der Waals surface area contributed by atoms with Crippen molar-refractivity contribution in [2.24, 2.45) is 11.8 Å². The number of imide groups is 1. The number of rotatable bonds is 6. The van der Waals surface area contributed by atoms with Gasteiger partial charge in [-0.1, -0.05) is 18.2 Å². The Morgan fingerprint density at radius 2 is 1.81 bits per heavy atom. The Morgan fingerprint density at radius 3 is 2.50 bits per heavy atom. The van der Waals surface area contributed by atoms with Crippen molar-refractivity contribution >= 4 is 23.5 Å². The van der Waals surface area contributed by atoms with Gasteiger partial charge in [-0.05, 0) is 67.3 Å². The number of hydrogen-bond acceptors (Lipinski definition) is 4. The van der Waals surface area contributed by atoms with E-state index >= 15 is 0 Å². The zero-order chi connectivity index (χ0) is 24.9. The summed E-state index contributed by atoms with van der Waals surface area (Å²) in [5.41, 5.74) is 0.800. The monoisotopic (exact) mass is 489 g/mol. The summed E-state index contributed by atoms with van der Waals surface area (Å²) >= 11 is 0. The lowest BCUT2D eigenvalue weighted by molar-refractivity contribution is -0.134. The van der Waals surface area contributed by atoms with Crippen LogP contribution in [-0.2, 0) is 11.2 Å². The van der Waals surface area contributed by atoms with Gasteiger partial charge in [0.2, 0.25) is 0 Å². The second-order valence-corrected chi connectivity index (χ2v) is 10.2. The highest BCUT2D eigenvalue weighted by molar-refractivity contribution is 6.07. The van der Waals surface area contributed by atoms with E-state index in [-0.39, 0.29) is 29.6 Å². The van der Waals surface area contributed by atoms with Crippen molar-refractivity contribution in [1.82, 2.24) is 24.5 Å². The maximum absolute atomic E-state index is 13.8. The molecular formula is C27H28FN5O3. The molecule has 1 saturated carbocycles. The van der Waals surface area contributed by atoms with Crippen LogP contribution >= 0.6 is 0 Å². The zero-order valence-corrected chi connectivity index (χ0v) is 19.9. The summed E-state index contributed by atoms with van der Waals surface area (Å²) in [7, 11) is 0. The molecule has 1 N–H and O–H groups in total. The predicted octanol–water partition coefficient (Wildman–Crippen LogP) is 3.27. The molecular weight excluding hydrogens is 461 g/mol. The van der Waals surface area contributed by atoms with E-state index in [1.165, 1.54) is 17.0 Å². The van der Waals surface area contributed by atoms with Gasteiger partial charge in [-0.3, -0.25) is 14.5 Å². The molecule has 2 saturated heterocycles. The summed E-state index contributed by atoms with van der Waals surface area (Å²) in [5.74, 6) is -0.445. The van der Waals surface area contributed by atoms with E-state index in [1.807, 2.05) is 28.8 Å². The smallest absolute Gasteiger partial charge is 0.325 e. The lowest BCUT2D eigenvalue weighted by atomic mass is 9.74. The molecule has 36 heavy (non-hydrogen) atoms. The number of urea groups is 1. The molecule has 1 aliphatic carbocycles. The standard InChI is InChI=1S/C27H28FN5O3/c28-21-8-6-18(7-9-21)15-27(25(35)33(26(36)30-27)16-19-4-5-19)20-10-13-31(14-11-20)24(34)22-17-32-12-2-1-3-23(32)29-22/h1-3,6-9,12,17,19-20H,4-5,10-11,13-16H2,(H,30,36)/t27-/m1/s1. The topological polar surface area (TPSA) is 87.0 Å². The highest BCUT2D eigenvalue weighted by atomic mass is 19.1. The van der Waals surface area contributed by atoms with Crippen LogP contribution in [0.1, 0.15) is 41.7 Å². The van der Waals surface area contributed by atoms with E-state index in [0.29, 0.717) is 56.2 Å². The molecule has 9 heteroatoms. The Morgan fingerprint density at radius 1 is 1.06 bits per heavy atom. The van der Waals surface area contributed by atoms with Gasteiger partial charge in [0, 0.05) is 38.4 Å². The zero-order valence-electron chi connectivity index (χ0n) is 19.9. The molecule has 4 heterocycles. The summed E-state index contributed by atoms with van der Waals surface area (Å²) in [6.07, 6.45) is 7.09. The maximum Gasteiger partial charge on any atom is 0.325 e. The van der Waals surface area contributed by atoms with Crippen molar-refractivity contribution in [3.8, 4) is 0 Å². The third-order valence-electron chi connectivity index (χ3n) is 7.80. The first kappa shape index (κ1) is 22.7. The van der Waals surface area contributed by atoms with Crippen LogP contribution in [0.3, 0.4) is 0 Å². The van der Waals surface area contributed by atoms with Crippen LogP contribution in [0.25, 0.3) is 5.65 Å². The number of likely N-dealkylation sites (tertiary alicyclic amines) is 1. The summed E-state index contributed by atoms with van der Waals surface area (Å²) in [5, 5.41) is 3.05. The van der Waals surface area contributed by atoms with Crippen LogP contribution in [0.15, 0.2) is 54.9 Å². The fourth-order valence-electron chi connectivity index (χ4n) is 5.61. The number of amides is 4. The number of fused-ring (bicyclic) bond motifs is 1. The molecule has 1 atom stereocenters. The lowest BCUT2D eigenvalue weighted by Crippen LogP contribution is -2.58. The predicted molar refractivity (Wildman–Crippen MR) is 130 cm³/mol. The van der Waals surface area contributed by atoms with Crippen LogP contribution in [0, 0.1) is 17.7 Å². The van der Waals surface area contributed by atoms with Gasteiger partial charge < -0.3 is 14.6 Å². The molecule has 0 radical (unpaired) electrons. The summed E-state index contributed by atoms with van der Waals surface area (Å²) in [4.78, 5) is 47.5. The largest absolute Gasteiger partial charge is 0.337 e. The fourth-order valence-corrected chi connectivity index (χ4v) is 5.61. The first-order valence-corrected chi connectivity index (χ1v) is 12.5. The van der Waals surface area contributed by atoms with E-state index in [1.54, 1.807) is 23.2 Å². The van der Waals surface area contributed by atoms with Crippen molar-refractivity contribution in [2.75, 3.05) is 19.6 Å². The van der Waals surface area contributed by atoms with Gasteiger partial charge in [-0.2, -0.15) is 0 Å². The van der Waals surface area contributed by atoms with Crippen molar-refractivity contribution in [1.29, 1.82) is 0 Å². The second kappa shape index (κ2) is 8.72. The maximum atomic E-state index is 13.8. The Kier molecular flexibility index (Phi) is 5.50. The van der Waals surface area contributed by atoms with Gasteiger partial charge in [0.05, 0.1) is 0 Å². The highest BCUT2D eigenvalue weighted by Gasteiger charge is 2.56. The molecule has 6 rings (SSSR count). The number of imidazole rings is 1. The normalized spacial score (nSPS) is 22.9. The van der Waals surface area contributed by atoms with Crippen LogP contribution < -0.4 is 5.32 Å². The van der Waals surface area contributed by atoms with Gasteiger partial charge in [-0.15, -0.1) is 0 Å². The first-order valence-electron chi connectivity index (χ1n) is 12.5. The number of nitrogens with one attached hydrogen (secondary N) is 1. The Hall–Kier alpha value is -3.75. The van der Waals surface area contributed by atoms with Gasteiger partial charge in [-0.25, -0.2) is 14.2 Å². The third-order valence-corrected chi connectivity index (χ3v) is 7.80. The Bertz CT molecular complexity index is 1290. The van der Waals surface area contributed by atoms with E-state index in [4.69, 9.17) is 0 Å². The second-order valence-electron chi connectivity index (χ2n) is 10.2. The van der Waals surface area contributed by atoms with Gasteiger partial charge in [0.1, 0.15) is 22.7 Å². The highest BCUT2D eigenvalue weighted by Crippen LogP contribution is 2.39. The average molecular weight is 490 g/mol. The van der Waals surface area contributed by atoms with Gasteiger partial charge >= 0.3 is 6.03 Å². The van der Waals surface area contributed by atoms with Crippen LogP contribution in [-0.4, -0.2) is 62.2 Å².